The van der Waals surface area contributed by atoms with E-state index in [2.05, 4.69) is 16.9 Å². The van der Waals surface area contributed by atoms with E-state index < -0.39 is 11.7 Å². The normalized spacial score (nSPS) is 12.0. The Morgan fingerprint density at radius 1 is 1.36 bits per heavy atom. The number of aromatic nitrogens is 1. The number of alkyl halides is 3. The van der Waals surface area contributed by atoms with Crippen molar-refractivity contribution in [1.29, 1.82) is 0 Å². The molecule has 0 saturated heterocycles. The van der Waals surface area contributed by atoms with E-state index in [1.165, 1.54) is 0 Å². The van der Waals surface area contributed by atoms with Crippen molar-refractivity contribution in [1.82, 2.24) is 4.98 Å². The maximum atomic E-state index is 13.0. The molecule has 0 aliphatic rings. The van der Waals surface area contributed by atoms with Crippen LogP contribution in [-0.2, 0) is 0 Å². The fraction of sp³-hybridized carbons (Fsp3) is 0.188. The van der Waals surface area contributed by atoms with Crippen LogP contribution in [0.5, 0.6) is 0 Å². The van der Waals surface area contributed by atoms with Crippen molar-refractivity contribution >= 4 is 28.1 Å². The van der Waals surface area contributed by atoms with Crippen molar-refractivity contribution in [2.75, 3.05) is 18.9 Å². The maximum absolute atomic E-state index is 13.0. The molecule has 1 heterocycles. The second kappa shape index (κ2) is 6.19. The molecule has 0 bridgehead atoms. The molecule has 3 N–H and O–H groups in total. The van der Waals surface area contributed by atoms with Crippen molar-refractivity contribution in [3.05, 3.63) is 48.3 Å². The summed E-state index contributed by atoms with van der Waals surface area (Å²) in [6, 6.07) is 6.80. The van der Waals surface area contributed by atoms with Gasteiger partial charge in [-0.1, -0.05) is 24.8 Å². The first kappa shape index (κ1) is 16.0. The van der Waals surface area contributed by atoms with Gasteiger partial charge in [0, 0.05) is 30.1 Å². The van der Waals surface area contributed by atoms with Crippen molar-refractivity contribution in [3.63, 3.8) is 0 Å². The molecule has 116 valence electrons. The van der Waals surface area contributed by atoms with Gasteiger partial charge in [-0.2, -0.15) is 13.2 Å². The summed E-state index contributed by atoms with van der Waals surface area (Å²) >= 11 is 0. The van der Waals surface area contributed by atoms with Crippen LogP contribution >= 0.6 is 0 Å². The third kappa shape index (κ3) is 3.12. The van der Waals surface area contributed by atoms with Crippen LogP contribution in [0.3, 0.4) is 0 Å². The molecule has 0 spiro atoms. The highest BCUT2D eigenvalue weighted by atomic mass is 19.4. The van der Waals surface area contributed by atoms with Gasteiger partial charge in [-0.05, 0) is 18.2 Å². The highest BCUT2D eigenvalue weighted by molar-refractivity contribution is 6.00. The van der Waals surface area contributed by atoms with E-state index in [9.17, 15) is 13.2 Å². The Kier molecular flexibility index (Phi) is 4.51. The molecule has 1 aromatic carbocycles. The fourth-order valence-electron chi connectivity index (χ4n) is 2.15. The summed E-state index contributed by atoms with van der Waals surface area (Å²) in [5, 5.41) is 4.02. The number of benzene rings is 1. The van der Waals surface area contributed by atoms with Crippen LogP contribution in [0.15, 0.2) is 36.9 Å². The van der Waals surface area contributed by atoms with Gasteiger partial charge in [-0.25, -0.2) is 4.98 Å². The minimum atomic E-state index is -4.54. The Morgan fingerprint density at radius 3 is 2.68 bits per heavy atom. The molecule has 0 fully saturated rings. The summed E-state index contributed by atoms with van der Waals surface area (Å²) in [6.07, 6.45) is -1.30. The van der Waals surface area contributed by atoms with Crippen LogP contribution in [0, 0.1) is 0 Å². The number of fused-ring (bicyclic) bond motifs is 1. The van der Waals surface area contributed by atoms with Gasteiger partial charge >= 0.3 is 6.18 Å². The molecule has 0 radical (unpaired) electrons. The van der Waals surface area contributed by atoms with E-state index in [1.807, 2.05) is 0 Å². The molecule has 0 saturated carbocycles. The number of rotatable bonds is 4. The molecular formula is C16H16F3N3. The van der Waals surface area contributed by atoms with E-state index in [4.69, 9.17) is 5.73 Å². The zero-order valence-corrected chi connectivity index (χ0v) is 12.0. The summed E-state index contributed by atoms with van der Waals surface area (Å²) in [5.41, 5.74) is 5.38. The highest BCUT2D eigenvalue weighted by Gasteiger charge is 2.35. The number of nitrogens with two attached hydrogens (primary N) is 1. The summed E-state index contributed by atoms with van der Waals surface area (Å²) in [6.45, 7) is 3.45. The van der Waals surface area contributed by atoms with Gasteiger partial charge in [-0.15, -0.1) is 0 Å². The lowest BCUT2D eigenvalue weighted by Crippen LogP contribution is -2.12. The van der Waals surface area contributed by atoms with E-state index in [-0.39, 0.29) is 12.2 Å². The van der Waals surface area contributed by atoms with Gasteiger partial charge in [0.1, 0.15) is 0 Å². The Morgan fingerprint density at radius 2 is 2.09 bits per heavy atom. The molecular weight excluding hydrogens is 291 g/mol. The van der Waals surface area contributed by atoms with Crippen LogP contribution in [0.4, 0.5) is 18.9 Å². The quantitative estimate of drug-likeness (QED) is 0.902. The van der Waals surface area contributed by atoms with Crippen molar-refractivity contribution in [3.8, 4) is 0 Å². The Labute approximate surface area is 126 Å². The van der Waals surface area contributed by atoms with Gasteiger partial charge in [0.15, 0.2) is 0 Å². The molecule has 22 heavy (non-hydrogen) atoms. The second-order valence-corrected chi connectivity index (χ2v) is 4.66. The lowest BCUT2D eigenvalue weighted by Gasteiger charge is -2.15. The lowest BCUT2D eigenvalue weighted by molar-refractivity contribution is -0.0688. The molecule has 1 aromatic heterocycles. The van der Waals surface area contributed by atoms with E-state index in [0.29, 0.717) is 16.5 Å². The van der Waals surface area contributed by atoms with Crippen molar-refractivity contribution in [2.45, 2.75) is 6.18 Å². The summed E-state index contributed by atoms with van der Waals surface area (Å²) < 4.78 is 39.1. The minimum absolute atomic E-state index is 0.168. The lowest BCUT2D eigenvalue weighted by atomic mass is 10.0. The summed E-state index contributed by atoms with van der Waals surface area (Å²) in [7, 11) is 1.71. The largest absolute Gasteiger partial charge is 0.417 e. The van der Waals surface area contributed by atoms with E-state index >= 15 is 0 Å². The zero-order valence-electron chi connectivity index (χ0n) is 12.0. The molecule has 3 nitrogen and oxygen atoms in total. The number of hydrogen-bond acceptors (Lipinski definition) is 3. The predicted octanol–water partition coefficient (Wildman–Crippen LogP) is 3.82. The van der Waals surface area contributed by atoms with Crippen LogP contribution < -0.4 is 11.1 Å². The van der Waals surface area contributed by atoms with Crippen LogP contribution in [0.25, 0.3) is 22.4 Å². The molecule has 0 atom stereocenters. The molecule has 0 unspecified atom stereocenters. The van der Waals surface area contributed by atoms with Gasteiger partial charge in [0.2, 0.25) is 0 Å². The number of allylic oxidation sites excluding steroid dienone is 1. The average molecular weight is 307 g/mol. The third-order valence-corrected chi connectivity index (χ3v) is 3.22. The monoisotopic (exact) mass is 307 g/mol. The third-order valence-electron chi connectivity index (χ3n) is 3.22. The Bertz CT molecular complexity index is 733. The first-order valence-corrected chi connectivity index (χ1v) is 6.63. The first-order valence-electron chi connectivity index (χ1n) is 6.63. The SMILES string of the molecule is C=C(c1nc(/C=C/CN)cc2c(NC)cccc12)C(F)(F)F. The average Bonchev–Trinajstić information content (AvgIpc) is 2.49. The predicted molar refractivity (Wildman–Crippen MR) is 84.5 cm³/mol. The van der Waals surface area contributed by atoms with Gasteiger partial charge < -0.3 is 11.1 Å². The molecule has 6 heteroatoms. The summed E-state index contributed by atoms with van der Waals surface area (Å²) in [4.78, 5) is 4.09. The van der Waals surface area contributed by atoms with Gasteiger partial charge in [0.25, 0.3) is 0 Å². The Balaban J connectivity index is 2.77. The second-order valence-electron chi connectivity index (χ2n) is 4.66. The van der Waals surface area contributed by atoms with Gasteiger partial charge in [-0.3, -0.25) is 0 Å². The highest BCUT2D eigenvalue weighted by Crippen LogP contribution is 2.36. The number of halogens is 3. The zero-order chi connectivity index (χ0) is 16.3. The van der Waals surface area contributed by atoms with Crippen LogP contribution in [0.2, 0.25) is 0 Å². The molecule has 2 aromatic rings. The van der Waals surface area contributed by atoms with E-state index in [1.54, 1.807) is 43.5 Å². The molecule has 0 aliphatic carbocycles. The van der Waals surface area contributed by atoms with Crippen LogP contribution in [-0.4, -0.2) is 24.8 Å². The number of nitrogens with one attached hydrogen (secondary N) is 1. The number of nitrogens with zero attached hydrogens (tertiary/aromatic N) is 1. The standard InChI is InChI=1S/C16H16F3N3/c1-10(16(17,18)19)15-12-6-3-7-14(21-2)13(12)9-11(22-15)5-4-8-20/h3-7,9,21H,1,8,20H2,2H3/b5-4+. The molecule has 2 rings (SSSR count). The maximum Gasteiger partial charge on any atom is 0.417 e. The van der Waals surface area contributed by atoms with Crippen molar-refractivity contribution in [2.24, 2.45) is 5.73 Å². The molecule has 0 aliphatic heterocycles. The van der Waals surface area contributed by atoms with E-state index in [0.717, 1.165) is 5.69 Å². The number of pyridine rings is 1. The Hall–Kier alpha value is -2.34. The minimum Gasteiger partial charge on any atom is -0.388 e. The first-order chi connectivity index (χ1) is 10.4. The smallest absolute Gasteiger partial charge is 0.388 e. The van der Waals surface area contributed by atoms with Crippen LogP contribution in [0.1, 0.15) is 11.4 Å². The topological polar surface area (TPSA) is 50.9 Å². The number of hydrogen-bond donors (Lipinski definition) is 2. The van der Waals surface area contributed by atoms with Crippen molar-refractivity contribution < 1.29 is 13.2 Å². The number of anilines is 1. The molecule has 0 amide bonds. The summed E-state index contributed by atoms with van der Waals surface area (Å²) in [5.74, 6) is 0. The van der Waals surface area contributed by atoms with Gasteiger partial charge in [0.05, 0.1) is 17.0 Å². The fourth-order valence-corrected chi connectivity index (χ4v) is 2.15.